The van der Waals surface area contributed by atoms with Gasteiger partial charge in [-0.25, -0.2) is 4.90 Å². The maximum Gasteiger partial charge on any atom is 0.298 e. The molecule has 1 aliphatic rings. The molecule has 4 nitrogen and oxygen atoms in total. The number of benzene rings is 2. The summed E-state index contributed by atoms with van der Waals surface area (Å²) < 4.78 is 5.77. The van der Waals surface area contributed by atoms with Gasteiger partial charge in [-0.3, -0.25) is 9.59 Å². The first kappa shape index (κ1) is 20.4. The lowest BCUT2D eigenvalue weighted by Gasteiger charge is -2.12. The summed E-state index contributed by atoms with van der Waals surface area (Å²) in [6, 6.07) is 13.2. The number of hydrogen-bond acceptors (Lipinski definition) is 4. The number of carbonyl (C=O) groups is 2. The van der Waals surface area contributed by atoms with Crippen LogP contribution < -0.4 is 4.90 Å². The van der Waals surface area contributed by atoms with Crippen LogP contribution in [-0.2, 0) is 4.79 Å². The molecule has 4 rings (SSSR count). The summed E-state index contributed by atoms with van der Waals surface area (Å²) in [4.78, 5) is 26.4. The average molecular weight is 485 g/mol. The van der Waals surface area contributed by atoms with Crippen molar-refractivity contribution in [3.63, 3.8) is 0 Å². The second-order valence-electron chi connectivity index (χ2n) is 5.92. The topological polar surface area (TPSA) is 50.5 Å². The number of rotatable bonds is 3. The number of nitrogens with zero attached hydrogens (tertiary/aromatic N) is 1. The predicted molar refractivity (Wildman–Crippen MR) is 119 cm³/mol. The Morgan fingerprint density at radius 2 is 1.69 bits per heavy atom. The molecule has 3 aromatic rings. The summed E-state index contributed by atoms with van der Waals surface area (Å²) in [7, 11) is 0. The van der Waals surface area contributed by atoms with Crippen LogP contribution in [0.1, 0.15) is 5.76 Å². The number of halogens is 4. The number of hydrogen-bond donors (Lipinski definition) is 0. The Hall–Kier alpha value is -1.89. The normalized spacial score (nSPS) is 15.6. The minimum Gasteiger partial charge on any atom is -0.457 e. The highest BCUT2D eigenvalue weighted by Crippen LogP contribution is 2.39. The number of anilines is 1. The third-order valence-electron chi connectivity index (χ3n) is 4.07. The summed E-state index contributed by atoms with van der Waals surface area (Å²) in [6.07, 6.45) is 1.50. The van der Waals surface area contributed by atoms with Gasteiger partial charge in [0.05, 0.1) is 30.7 Å². The van der Waals surface area contributed by atoms with E-state index in [0.29, 0.717) is 37.8 Å². The molecule has 1 aliphatic heterocycles. The molecule has 0 saturated carbocycles. The van der Waals surface area contributed by atoms with Gasteiger partial charge in [-0.15, -0.1) is 0 Å². The van der Waals surface area contributed by atoms with Crippen molar-refractivity contribution >= 4 is 81.1 Å². The summed E-state index contributed by atoms with van der Waals surface area (Å²) in [6.45, 7) is 0. The highest BCUT2D eigenvalue weighted by Gasteiger charge is 2.36. The van der Waals surface area contributed by atoms with Gasteiger partial charge in [0.2, 0.25) is 0 Å². The molecule has 0 radical (unpaired) electrons. The highest BCUT2D eigenvalue weighted by atomic mass is 35.5. The van der Waals surface area contributed by atoms with Gasteiger partial charge in [0.25, 0.3) is 11.1 Å². The lowest BCUT2D eigenvalue weighted by Crippen LogP contribution is -2.27. The Balaban J connectivity index is 1.63. The molecule has 9 heteroatoms. The van der Waals surface area contributed by atoms with E-state index in [1.165, 1.54) is 18.2 Å². The van der Waals surface area contributed by atoms with Crippen molar-refractivity contribution in [3.05, 3.63) is 79.3 Å². The van der Waals surface area contributed by atoms with E-state index in [0.717, 1.165) is 16.7 Å². The first-order valence-electron chi connectivity index (χ1n) is 8.12. The van der Waals surface area contributed by atoms with Crippen molar-refractivity contribution in [1.82, 2.24) is 0 Å². The molecule has 1 aromatic heterocycles. The average Bonchev–Trinajstić information content (AvgIpc) is 3.25. The van der Waals surface area contributed by atoms with Crippen LogP contribution in [-0.4, -0.2) is 11.1 Å². The lowest BCUT2D eigenvalue weighted by molar-refractivity contribution is -0.113. The SMILES string of the molecule is O=C1SC(=Cc2ccc(-c3cccc(Cl)c3Cl)o2)C(=O)N1c1ccc(Cl)c(Cl)c1. The van der Waals surface area contributed by atoms with Gasteiger partial charge in [0, 0.05) is 11.6 Å². The molecule has 0 aliphatic carbocycles. The monoisotopic (exact) mass is 483 g/mol. The fourth-order valence-electron chi connectivity index (χ4n) is 2.71. The summed E-state index contributed by atoms with van der Waals surface area (Å²) >= 11 is 25.0. The van der Waals surface area contributed by atoms with Crippen molar-refractivity contribution < 1.29 is 14.0 Å². The standard InChI is InChI=1S/C20H9Cl4NO3S/c21-13-6-4-10(8-15(13)23)25-19(26)17(29-20(25)27)9-11-5-7-16(28-11)12-2-1-3-14(22)18(12)24/h1-9H. The highest BCUT2D eigenvalue weighted by molar-refractivity contribution is 8.19. The van der Waals surface area contributed by atoms with Crippen LogP contribution in [0.4, 0.5) is 10.5 Å². The van der Waals surface area contributed by atoms with Gasteiger partial charge in [0.15, 0.2) is 0 Å². The quantitative estimate of drug-likeness (QED) is 0.356. The Labute approximate surface area is 190 Å². The number of imide groups is 1. The summed E-state index contributed by atoms with van der Waals surface area (Å²) in [5.41, 5.74) is 0.971. The molecule has 0 bridgehead atoms. The van der Waals surface area contributed by atoms with E-state index in [-0.39, 0.29) is 9.93 Å². The van der Waals surface area contributed by atoms with Gasteiger partial charge in [-0.05, 0) is 54.2 Å². The summed E-state index contributed by atoms with van der Waals surface area (Å²) in [5, 5.41) is 0.922. The van der Waals surface area contributed by atoms with E-state index >= 15 is 0 Å². The van der Waals surface area contributed by atoms with Crippen LogP contribution in [0.5, 0.6) is 0 Å². The molecule has 0 N–H and O–H groups in total. The molecule has 0 atom stereocenters. The molecule has 2 aromatic carbocycles. The van der Waals surface area contributed by atoms with E-state index in [4.69, 9.17) is 50.8 Å². The Morgan fingerprint density at radius 1 is 0.897 bits per heavy atom. The van der Waals surface area contributed by atoms with Gasteiger partial charge >= 0.3 is 0 Å². The number of amides is 2. The molecule has 29 heavy (non-hydrogen) atoms. The molecule has 0 unspecified atom stereocenters. The van der Waals surface area contributed by atoms with E-state index < -0.39 is 11.1 Å². The van der Waals surface area contributed by atoms with Crippen molar-refractivity contribution in [2.24, 2.45) is 0 Å². The first-order valence-corrected chi connectivity index (χ1v) is 10.4. The molecule has 146 valence electrons. The molecule has 0 spiro atoms. The van der Waals surface area contributed by atoms with Gasteiger partial charge in [-0.2, -0.15) is 0 Å². The molecule has 1 fully saturated rings. The molecule has 2 heterocycles. The maximum atomic E-state index is 12.8. The van der Waals surface area contributed by atoms with Crippen LogP contribution in [0.25, 0.3) is 17.4 Å². The Bertz CT molecular complexity index is 1190. The lowest BCUT2D eigenvalue weighted by atomic mass is 10.2. The Morgan fingerprint density at radius 3 is 2.45 bits per heavy atom. The van der Waals surface area contributed by atoms with Crippen molar-refractivity contribution in [3.8, 4) is 11.3 Å². The van der Waals surface area contributed by atoms with Gasteiger partial charge in [0.1, 0.15) is 11.5 Å². The van der Waals surface area contributed by atoms with Gasteiger partial charge < -0.3 is 4.42 Å². The molecular formula is C20H9Cl4NO3S. The maximum absolute atomic E-state index is 12.8. The second kappa shape index (κ2) is 8.09. The van der Waals surface area contributed by atoms with Crippen LogP contribution in [0.15, 0.2) is 57.9 Å². The number of thioether (sulfide) groups is 1. The third-order valence-corrected chi connectivity index (χ3v) is 6.50. The number of furan rings is 1. The molecular weight excluding hydrogens is 476 g/mol. The van der Waals surface area contributed by atoms with Crippen LogP contribution in [0.2, 0.25) is 20.1 Å². The minimum absolute atomic E-state index is 0.221. The zero-order valence-electron chi connectivity index (χ0n) is 14.3. The fraction of sp³-hybridized carbons (Fsp3) is 0. The van der Waals surface area contributed by atoms with Crippen molar-refractivity contribution in [2.45, 2.75) is 0 Å². The van der Waals surface area contributed by atoms with Crippen LogP contribution >= 0.6 is 58.2 Å². The first-order chi connectivity index (χ1) is 13.8. The van der Waals surface area contributed by atoms with Crippen molar-refractivity contribution in [1.29, 1.82) is 0 Å². The largest absolute Gasteiger partial charge is 0.457 e. The predicted octanol–water partition coefficient (Wildman–Crippen LogP) is 7.80. The van der Waals surface area contributed by atoms with Crippen LogP contribution in [0, 0.1) is 0 Å². The number of carbonyl (C=O) groups excluding carboxylic acids is 2. The van der Waals surface area contributed by atoms with E-state index in [1.807, 2.05) is 0 Å². The third kappa shape index (κ3) is 3.93. The smallest absolute Gasteiger partial charge is 0.298 e. The Kier molecular flexibility index (Phi) is 5.69. The zero-order valence-corrected chi connectivity index (χ0v) is 18.1. The fourth-order valence-corrected chi connectivity index (χ4v) is 4.22. The second-order valence-corrected chi connectivity index (χ2v) is 8.51. The zero-order chi connectivity index (χ0) is 20.7. The van der Waals surface area contributed by atoms with E-state index in [2.05, 4.69) is 0 Å². The minimum atomic E-state index is -0.475. The summed E-state index contributed by atoms with van der Waals surface area (Å²) in [5.74, 6) is 0.417. The van der Waals surface area contributed by atoms with E-state index in [1.54, 1.807) is 36.4 Å². The van der Waals surface area contributed by atoms with Crippen LogP contribution in [0.3, 0.4) is 0 Å². The van der Waals surface area contributed by atoms with E-state index in [9.17, 15) is 9.59 Å². The molecule has 1 saturated heterocycles. The van der Waals surface area contributed by atoms with Crippen molar-refractivity contribution in [2.75, 3.05) is 4.90 Å². The van der Waals surface area contributed by atoms with Gasteiger partial charge in [-0.1, -0.05) is 52.5 Å². The molecule has 2 amide bonds.